The summed E-state index contributed by atoms with van der Waals surface area (Å²) in [4.78, 5) is 4.46. The van der Waals surface area contributed by atoms with E-state index in [0.717, 1.165) is 32.1 Å². The van der Waals surface area contributed by atoms with Crippen molar-refractivity contribution in [3.63, 3.8) is 0 Å². The van der Waals surface area contributed by atoms with E-state index in [4.69, 9.17) is 9.26 Å². The zero-order valence-electron chi connectivity index (χ0n) is 11.1. The number of hydrogen-bond acceptors (Lipinski definition) is 5. The van der Waals surface area contributed by atoms with Gasteiger partial charge in [-0.2, -0.15) is 4.98 Å². The van der Waals surface area contributed by atoms with Crippen LogP contribution in [0.25, 0.3) is 0 Å². The molecule has 0 aromatic carbocycles. The topological polar surface area (TPSA) is 68.4 Å². The Morgan fingerprint density at radius 1 is 1.33 bits per heavy atom. The highest BCUT2D eigenvalue weighted by molar-refractivity contribution is 4.98. The molecule has 0 spiro atoms. The second-order valence-corrected chi connectivity index (χ2v) is 4.85. The lowest BCUT2D eigenvalue weighted by molar-refractivity contribution is 0.0518. The molecule has 2 rings (SSSR count). The summed E-state index contributed by atoms with van der Waals surface area (Å²) >= 11 is 0. The van der Waals surface area contributed by atoms with Crippen LogP contribution in [0.5, 0.6) is 0 Å². The van der Waals surface area contributed by atoms with Gasteiger partial charge in [0.2, 0.25) is 11.7 Å². The molecule has 1 aromatic rings. The predicted molar refractivity (Wildman–Crippen MR) is 66.2 cm³/mol. The van der Waals surface area contributed by atoms with Crippen molar-refractivity contribution in [2.24, 2.45) is 0 Å². The van der Waals surface area contributed by atoms with Gasteiger partial charge in [-0.1, -0.05) is 12.1 Å². The lowest BCUT2D eigenvalue weighted by Crippen LogP contribution is -2.17. The highest BCUT2D eigenvalue weighted by atomic mass is 16.5. The summed E-state index contributed by atoms with van der Waals surface area (Å²) in [6.07, 6.45) is 4.12. The molecule has 1 aromatic heterocycles. The van der Waals surface area contributed by atoms with Crippen LogP contribution >= 0.6 is 0 Å². The van der Waals surface area contributed by atoms with Gasteiger partial charge in [-0.25, -0.2) is 0 Å². The zero-order chi connectivity index (χ0) is 13.0. The summed E-state index contributed by atoms with van der Waals surface area (Å²) in [5, 5.41) is 13.5. The van der Waals surface area contributed by atoms with Gasteiger partial charge < -0.3 is 14.4 Å². The Bertz CT molecular complexity index is 359. The molecule has 1 N–H and O–H groups in total. The summed E-state index contributed by atoms with van der Waals surface area (Å²) in [6, 6.07) is 0. The van der Waals surface area contributed by atoms with Crippen LogP contribution in [0.15, 0.2) is 4.52 Å². The van der Waals surface area contributed by atoms with Gasteiger partial charge >= 0.3 is 0 Å². The first-order chi connectivity index (χ1) is 8.74. The Morgan fingerprint density at radius 3 is 2.67 bits per heavy atom. The average molecular weight is 254 g/mol. The van der Waals surface area contributed by atoms with Crippen LogP contribution in [0.1, 0.15) is 69.7 Å². The molecular weight excluding hydrogens is 232 g/mol. The molecule has 0 aliphatic heterocycles. The van der Waals surface area contributed by atoms with Crippen LogP contribution in [0, 0.1) is 0 Å². The fraction of sp³-hybridized carbons (Fsp3) is 0.846. The van der Waals surface area contributed by atoms with Crippen molar-refractivity contribution in [3.8, 4) is 0 Å². The SMILES string of the molecule is CCOC(CC)c1noc(C2CCC(O)CC2)n1. The molecule has 1 fully saturated rings. The third-order valence-corrected chi connectivity index (χ3v) is 3.53. The van der Waals surface area contributed by atoms with E-state index in [2.05, 4.69) is 10.1 Å². The van der Waals surface area contributed by atoms with E-state index < -0.39 is 0 Å². The monoisotopic (exact) mass is 254 g/mol. The van der Waals surface area contributed by atoms with E-state index in [1.165, 1.54) is 0 Å². The Hall–Kier alpha value is -0.940. The summed E-state index contributed by atoms with van der Waals surface area (Å²) in [5.74, 6) is 1.66. The molecule has 18 heavy (non-hydrogen) atoms. The zero-order valence-corrected chi connectivity index (χ0v) is 11.1. The van der Waals surface area contributed by atoms with Gasteiger partial charge in [0.1, 0.15) is 6.10 Å². The second-order valence-electron chi connectivity index (χ2n) is 4.85. The normalized spacial score (nSPS) is 26.2. The van der Waals surface area contributed by atoms with E-state index in [-0.39, 0.29) is 12.2 Å². The number of ether oxygens (including phenoxy) is 1. The molecule has 0 saturated heterocycles. The third kappa shape index (κ3) is 3.09. The van der Waals surface area contributed by atoms with Crippen LogP contribution in [0.3, 0.4) is 0 Å². The van der Waals surface area contributed by atoms with Gasteiger partial charge in [0, 0.05) is 12.5 Å². The van der Waals surface area contributed by atoms with Crippen molar-refractivity contribution in [2.45, 2.75) is 64.1 Å². The van der Waals surface area contributed by atoms with E-state index in [9.17, 15) is 5.11 Å². The number of aliphatic hydroxyl groups is 1. The standard InChI is InChI=1S/C13H22N2O3/c1-3-11(17-4-2)12-14-13(18-15-12)9-5-7-10(16)8-6-9/h9-11,16H,3-8H2,1-2H3. The lowest BCUT2D eigenvalue weighted by atomic mass is 9.87. The second kappa shape index (κ2) is 6.29. The van der Waals surface area contributed by atoms with Gasteiger partial charge in [-0.05, 0) is 39.0 Å². The Morgan fingerprint density at radius 2 is 2.06 bits per heavy atom. The van der Waals surface area contributed by atoms with Gasteiger partial charge in [0.15, 0.2) is 0 Å². The molecule has 1 heterocycles. The van der Waals surface area contributed by atoms with Crippen molar-refractivity contribution in [1.29, 1.82) is 0 Å². The molecule has 1 unspecified atom stereocenters. The summed E-state index contributed by atoms with van der Waals surface area (Å²) in [5.41, 5.74) is 0. The molecule has 1 aliphatic rings. The van der Waals surface area contributed by atoms with Crippen molar-refractivity contribution < 1.29 is 14.4 Å². The van der Waals surface area contributed by atoms with Crippen molar-refractivity contribution >= 4 is 0 Å². The number of nitrogens with zero attached hydrogens (tertiary/aromatic N) is 2. The molecule has 0 amide bonds. The van der Waals surface area contributed by atoms with Crippen molar-refractivity contribution in [3.05, 3.63) is 11.7 Å². The average Bonchev–Trinajstić information content (AvgIpc) is 2.86. The van der Waals surface area contributed by atoms with Crippen LogP contribution in [-0.4, -0.2) is 28.0 Å². The summed E-state index contributed by atoms with van der Waals surface area (Å²) < 4.78 is 10.9. The van der Waals surface area contributed by atoms with Crippen LogP contribution in [-0.2, 0) is 4.74 Å². The molecule has 0 bridgehead atoms. The minimum Gasteiger partial charge on any atom is -0.393 e. The molecule has 1 atom stereocenters. The Kier molecular flexibility index (Phi) is 4.72. The highest BCUT2D eigenvalue weighted by Crippen LogP contribution is 2.32. The smallest absolute Gasteiger partial charge is 0.229 e. The highest BCUT2D eigenvalue weighted by Gasteiger charge is 2.26. The van der Waals surface area contributed by atoms with Crippen LogP contribution in [0.4, 0.5) is 0 Å². The van der Waals surface area contributed by atoms with E-state index in [1.54, 1.807) is 0 Å². The minimum absolute atomic E-state index is 0.0679. The molecule has 0 radical (unpaired) electrons. The van der Waals surface area contributed by atoms with Crippen molar-refractivity contribution in [1.82, 2.24) is 10.1 Å². The first kappa shape index (κ1) is 13.5. The van der Waals surface area contributed by atoms with Crippen LogP contribution < -0.4 is 0 Å². The maximum absolute atomic E-state index is 9.49. The quantitative estimate of drug-likeness (QED) is 0.874. The molecule has 1 aliphatic carbocycles. The fourth-order valence-corrected chi connectivity index (χ4v) is 2.44. The molecule has 5 nitrogen and oxygen atoms in total. The van der Waals surface area contributed by atoms with E-state index in [0.29, 0.717) is 24.2 Å². The van der Waals surface area contributed by atoms with Gasteiger partial charge in [0.05, 0.1) is 6.10 Å². The van der Waals surface area contributed by atoms with Gasteiger partial charge in [-0.3, -0.25) is 0 Å². The fourth-order valence-electron chi connectivity index (χ4n) is 2.44. The van der Waals surface area contributed by atoms with E-state index in [1.807, 2.05) is 13.8 Å². The summed E-state index contributed by atoms with van der Waals surface area (Å²) in [6.45, 7) is 4.66. The number of aromatic nitrogens is 2. The lowest BCUT2D eigenvalue weighted by Gasteiger charge is -2.22. The van der Waals surface area contributed by atoms with E-state index >= 15 is 0 Å². The molecule has 1 saturated carbocycles. The molecule has 102 valence electrons. The minimum atomic E-state index is -0.157. The van der Waals surface area contributed by atoms with Crippen LogP contribution in [0.2, 0.25) is 0 Å². The Balaban J connectivity index is 2.00. The number of aliphatic hydroxyl groups excluding tert-OH is 1. The van der Waals surface area contributed by atoms with Gasteiger partial charge in [-0.15, -0.1) is 0 Å². The molecular formula is C13H22N2O3. The molecule has 5 heteroatoms. The number of rotatable bonds is 5. The maximum Gasteiger partial charge on any atom is 0.229 e. The first-order valence-corrected chi connectivity index (χ1v) is 6.87. The summed E-state index contributed by atoms with van der Waals surface area (Å²) in [7, 11) is 0. The Labute approximate surface area is 108 Å². The van der Waals surface area contributed by atoms with Gasteiger partial charge in [0.25, 0.3) is 0 Å². The largest absolute Gasteiger partial charge is 0.393 e. The maximum atomic E-state index is 9.49. The first-order valence-electron chi connectivity index (χ1n) is 6.87. The third-order valence-electron chi connectivity index (χ3n) is 3.53. The predicted octanol–water partition coefficient (Wildman–Crippen LogP) is 2.58. The van der Waals surface area contributed by atoms with Crippen molar-refractivity contribution in [2.75, 3.05) is 6.61 Å². The number of hydrogen-bond donors (Lipinski definition) is 1.